The Morgan fingerprint density at radius 2 is 2.11 bits per heavy atom. The van der Waals surface area contributed by atoms with Crippen LogP contribution in [0.1, 0.15) is 31.2 Å². The van der Waals surface area contributed by atoms with Crippen LogP contribution in [0, 0.1) is 0 Å². The molecule has 0 spiro atoms. The zero-order valence-corrected chi connectivity index (χ0v) is 13.4. The summed E-state index contributed by atoms with van der Waals surface area (Å²) in [5, 5.41) is 11.6. The first-order valence-electron chi connectivity index (χ1n) is 6.39. The fourth-order valence-corrected chi connectivity index (χ4v) is 4.33. The second kappa shape index (κ2) is 7.18. The summed E-state index contributed by atoms with van der Waals surface area (Å²) in [4.78, 5) is 0. The molecule has 0 radical (unpaired) electrons. The highest BCUT2D eigenvalue weighted by molar-refractivity contribution is 9.10. The van der Waals surface area contributed by atoms with Gasteiger partial charge in [0.15, 0.2) is 0 Å². The molecule has 1 atom stereocenters. The number of aliphatic hydroxyl groups excluding tert-OH is 1. The predicted octanol–water partition coefficient (Wildman–Crippen LogP) is 4.68. The Hall–Kier alpha value is 0.300. The number of rotatable bonds is 5. The number of hydrogen-bond donors (Lipinski definition) is 1. The minimum absolute atomic E-state index is 0.297. The summed E-state index contributed by atoms with van der Waals surface area (Å²) in [6.07, 6.45) is 5.69. The van der Waals surface area contributed by atoms with E-state index in [4.69, 9.17) is 11.6 Å². The Labute approximate surface area is 126 Å². The second-order valence-corrected chi connectivity index (χ2v) is 7.49. The van der Waals surface area contributed by atoms with Crippen molar-refractivity contribution in [2.24, 2.45) is 0 Å². The van der Waals surface area contributed by atoms with Gasteiger partial charge in [-0.15, -0.1) is 0 Å². The van der Waals surface area contributed by atoms with E-state index in [9.17, 15) is 5.11 Å². The molecule has 2 rings (SSSR count). The lowest BCUT2D eigenvalue weighted by Crippen LogP contribution is -2.15. The van der Waals surface area contributed by atoms with Crippen molar-refractivity contribution < 1.29 is 5.11 Å². The van der Waals surface area contributed by atoms with Gasteiger partial charge in [-0.05, 0) is 30.5 Å². The highest BCUT2D eigenvalue weighted by Gasteiger charge is 2.17. The molecule has 18 heavy (non-hydrogen) atoms. The minimum Gasteiger partial charge on any atom is -0.392 e. The van der Waals surface area contributed by atoms with E-state index >= 15 is 0 Å². The molecule has 1 aromatic rings. The topological polar surface area (TPSA) is 20.2 Å². The van der Waals surface area contributed by atoms with Gasteiger partial charge in [0.05, 0.1) is 6.10 Å². The predicted molar refractivity (Wildman–Crippen MR) is 83.6 cm³/mol. The van der Waals surface area contributed by atoms with Crippen LogP contribution < -0.4 is 0 Å². The van der Waals surface area contributed by atoms with Gasteiger partial charge in [0, 0.05) is 26.9 Å². The Balaban J connectivity index is 1.80. The Bertz CT molecular complexity index is 393. The number of hydrogen-bond acceptors (Lipinski definition) is 2. The molecule has 0 bridgehead atoms. The first-order valence-corrected chi connectivity index (χ1v) is 8.60. The van der Waals surface area contributed by atoms with Crippen LogP contribution in [0.3, 0.4) is 0 Å². The smallest absolute Gasteiger partial charge is 0.0671 e. The highest BCUT2D eigenvalue weighted by atomic mass is 79.9. The summed E-state index contributed by atoms with van der Waals surface area (Å²) >= 11 is 11.5. The zero-order valence-electron chi connectivity index (χ0n) is 10.2. The van der Waals surface area contributed by atoms with Gasteiger partial charge in [-0.2, -0.15) is 11.8 Å². The third kappa shape index (κ3) is 4.44. The molecule has 0 aromatic heterocycles. The molecular formula is C14H18BrClOS. The first-order chi connectivity index (χ1) is 8.65. The molecule has 1 aromatic carbocycles. The van der Waals surface area contributed by atoms with Crippen molar-refractivity contribution in [3.05, 3.63) is 33.3 Å². The molecule has 0 aliphatic heterocycles. The van der Waals surface area contributed by atoms with Gasteiger partial charge < -0.3 is 5.11 Å². The molecule has 100 valence electrons. The minimum atomic E-state index is -0.297. The van der Waals surface area contributed by atoms with Crippen molar-refractivity contribution in [1.82, 2.24) is 0 Å². The number of benzene rings is 1. The van der Waals surface area contributed by atoms with E-state index < -0.39 is 0 Å². The van der Waals surface area contributed by atoms with E-state index in [1.165, 1.54) is 25.7 Å². The molecule has 0 amide bonds. The maximum Gasteiger partial charge on any atom is 0.0671 e. The molecular weight excluding hydrogens is 332 g/mol. The van der Waals surface area contributed by atoms with Gasteiger partial charge in [0.1, 0.15) is 0 Å². The van der Waals surface area contributed by atoms with Crippen LogP contribution >= 0.6 is 39.3 Å². The molecule has 0 saturated heterocycles. The fraction of sp³-hybridized carbons (Fsp3) is 0.571. The molecule has 1 N–H and O–H groups in total. The maximum absolute atomic E-state index is 10.1. The summed E-state index contributed by atoms with van der Waals surface area (Å²) in [5.41, 5.74) is 1.03. The Morgan fingerprint density at radius 1 is 1.39 bits per heavy atom. The summed E-state index contributed by atoms with van der Waals surface area (Å²) < 4.78 is 0.978. The van der Waals surface area contributed by atoms with Crippen LogP contribution in [0.5, 0.6) is 0 Å². The zero-order chi connectivity index (χ0) is 13.0. The van der Waals surface area contributed by atoms with Crippen molar-refractivity contribution in [1.29, 1.82) is 0 Å². The summed E-state index contributed by atoms with van der Waals surface area (Å²) in [6, 6.07) is 5.83. The normalized spacial score (nSPS) is 18.2. The van der Waals surface area contributed by atoms with Crippen LogP contribution in [0.15, 0.2) is 22.7 Å². The van der Waals surface area contributed by atoms with Crippen LogP contribution in [0.2, 0.25) is 5.02 Å². The molecule has 1 unspecified atom stereocenters. The number of aliphatic hydroxyl groups is 1. The molecule has 1 saturated carbocycles. The van der Waals surface area contributed by atoms with Gasteiger partial charge >= 0.3 is 0 Å². The number of thioether (sulfide) groups is 1. The Kier molecular flexibility index (Phi) is 5.87. The lowest BCUT2D eigenvalue weighted by atomic mass is 10.1. The van der Waals surface area contributed by atoms with Gasteiger partial charge in [-0.25, -0.2) is 0 Å². The summed E-state index contributed by atoms with van der Waals surface area (Å²) in [6.45, 7) is 0. The second-order valence-electron chi connectivity index (χ2n) is 4.83. The quantitative estimate of drug-likeness (QED) is 0.832. The lowest BCUT2D eigenvalue weighted by Gasteiger charge is -2.14. The molecule has 1 fully saturated rings. The Morgan fingerprint density at radius 3 is 2.78 bits per heavy atom. The van der Waals surface area contributed by atoms with Crippen LogP contribution in [0.4, 0.5) is 0 Å². The van der Waals surface area contributed by atoms with Crippen molar-refractivity contribution in [2.45, 2.75) is 43.5 Å². The van der Waals surface area contributed by atoms with Gasteiger partial charge in [0.2, 0.25) is 0 Å². The van der Waals surface area contributed by atoms with Gasteiger partial charge in [-0.1, -0.05) is 46.4 Å². The molecule has 1 aliphatic rings. The van der Waals surface area contributed by atoms with E-state index in [-0.39, 0.29) is 6.10 Å². The van der Waals surface area contributed by atoms with Crippen molar-refractivity contribution in [3.8, 4) is 0 Å². The molecule has 1 aliphatic carbocycles. The van der Waals surface area contributed by atoms with Crippen LogP contribution in [-0.2, 0) is 6.42 Å². The third-order valence-electron chi connectivity index (χ3n) is 3.30. The van der Waals surface area contributed by atoms with E-state index in [1.807, 2.05) is 30.0 Å². The molecule has 4 heteroatoms. The molecule has 1 nitrogen and oxygen atoms in total. The van der Waals surface area contributed by atoms with Crippen molar-refractivity contribution >= 4 is 39.3 Å². The van der Waals surface area contributed by atoms with Crippen molar-refractivity contribution in [3.63, 3.8) is 0 Å². The monoisotopic (exact) mass is 348 g/mol. The number of halogens is 2. The SMILES string of the molecule is OC(CSC1CCCC1)Cc1ccc(Br)cc1Cl. The summed E-state index contributed by atoms with van der Waals surface area (Å²) in [5.74, 6) is 0.817. The van der Waals surface area contributed by atoms with Gasteiger partial charge in [-0.3, -0.25) is 0 Å². The first kappa shape index (κ1) is 14.7. The summed E-state index contributed by atoms with van der Waals surface area (Å²) in [7, 11) is 0. The lowest BCUT2D eigenvalue weighted by molar-refractivity contribution is 0.200. The standard InChI is InChI=1S/C14H18BrClOS/c15-11-6-5-10(14(16)8-11)7-12(17)9-18-13-3-1-2-4-13/h5-6,8,12-13,17H,1-4,7,9H2. The average Bonchev–Trinajstić information content (AvgIpc) is 2.83. The maximum atomic E-state index is 10.1. The van der Waals surface area contributed by atoms with Crippen LogP contribution in [-0.4, -0.2) is 22.2 Å². The largest absolute Gasteiger partial charge is 0.392 e. The van der Waals surface area contributed by atoms with Gasteiger partial charge in [0.25, 0.3) is 0 Å². The molecule has 0 heterocycles. The third-order valence-corrected chi connectivity index (χ3v) is 5.66. The van der Waals surface area contributed by atoms with E-state index in [0.717, 1.165) is 26.1 Å². The van der Waals surface area contributed by atoms with Crippen molar-refractivity contribution in [2.75, 3.05) is 5.75 Å². The van der Waals surface area contributed by atoms with Crippen LogP contribution in [0.25, 0.3) is 0 Å². The van der Waals surface area contributed by atoms with E-state index in [1.54, 1.807) is 0 Å². The fourth-order valence-electron chi connectivity index (χ4n) is 2.30. The highest BCUT2D eigenvalue weighted by Crippen LogP contribution is 2.30. The van der Waals surface area contributed by atoms with E-state index in [2.05, 4.69) is 15.9 Å². The van der Waals surface area contributed by atoms with E-state index in [0.29, 0.717) is 6.42 Å². The average molecular weight is 350 g/mol.